The molecule has 78 valence electrons. The Morgan fingerprint density at radius 3 is 2.50 bits per heavy atom. The molecular formula is C13H21N. The Morgan fingerprint density at radius 2 is 1.93 bits per heavy atom. The second kappa shape index (κ2) is 4.14. The summed E-state index contributed by atoms with van der Waals surface area (Å²) in [5.74, 6) is 0.943. The predicted molar refractivity (Wildman–Crippen MR) is 62.2 cm³/mol. The standard InChI is InChI=1S/C13H19N.H2/c1-11-8-13(9-11)14(2)10-12-6-4-3-5-7-12;/h3-7,11,13H,8-10H2,1-2H3;1H. The van der Waals surface area contributed by atoms with Crippen LogP contribution < -0.4 is 0 Å². The minimum Gasteiger partial charge on any atom is -0.299 e. The highest BCUT2D eigenvalue weighted by Gasteiger charge is 2.28. The molecule has 0 unspecified atom stereocenters. The molecule has 2 rings (SSSR count). The monoisotopic (exact) mass is 191 g/mol. The molecule has 1 aliphatic rings. The minimum atomic E-state index is 0. The van der Waals surface area contributed by atoms with Crippen molar-refractivity contribution in [2.24, 2.45) is 5.92 Å². The van der Waals surface area contributed by atoms with Gasteiger partial charge in [0.2, 0.25) is 0 Å². The average molecular weight is 191 g/mol. The zero-order valence-electron chi connectivity index (χ0n) is 9.11. The Hall–Kier alpha value is -0.820. The molecule has 1 aromatic rings. The number of nitrogens with zero attached hydrogens (tertiary/aromatic N) is 1. The van der Waals surface area contributed by atoms with E-state index in [9.17, 15) is 0 Å². The molecule has 0 aliphatic heterocycles. The van der Waals surface area contributed by atoms with Gasteiger partial charge in [-0.3, -0.25) is 4.90 Å². The van der Waals surface area contributed by atoms with Gasteiger partial charge >= 0.3 is 0 Å². The first kappa shape index (κ1) is 9.72. The van der Waals surface area contributed by atoms with Gasteiger partial charge in [0.1, 0.15) is 0 Å². The van der Waals surface area contributed by atoms with Crippen molar-refractivity contribution in [1.29, 1.82) is 0 Å². The van der Waals surface area contributed by atoms with E-state index < -0.39 is 0 Å². The third-order valence-electron chi connectivity index (χ3n) is 3.25. The summed E-state index contributed by atoms with van der Waals surface area (Å²) in [5, 5.41) is 0. The van der Waals surface area contributed by atoms with E-state index in [0.29, 0.717) is 0 Å². The van der Waals surface area contributed by atoms with Gasteiger partial charge in [0, 0.05) is 14.0 Å². The van der Waals surface area contributed by atoms with Crippen molar-refractivity contribution >= 4 is 0 Å². The SMILES string of the molecule is CC1CC(N(C)Cc2ccccc2)C1.[HH]. The van der Waals surface area contributed by atoms with E-state index in [1.165, 1.54) is 18.4 Å². The van der Waals surface area contributed by atoms with E-state index in [1.807, 2.05) is 0 Å². The molecule has 1 heteroatoms. The maximum absolute atomic E-state index is 2.48. The molecule has 1 aromatic carbocycles. The van der Waals surface area contributed by atoms with Crippen molar-refractivity contribution in [3.8, 4) is 0 Å². The van der Waals surface area contributed by atoms with Crippen LogP contribution in [0.5, 0.6) is 0 Å². The van der Waals surface area contributed by atoms with E-state index in [0.717, 1.165) is 18.5 Å². The first-order valence-electron chi connectivity index (χ1n) is 5.50. The van der Waals surface area contributed by atoms with Gasteiger partial charge in [-0.05, 0) is 31.4 Å². The van der Waals surface area contributed by atoms with Crippen LogP contribution in [0, 0.1) is 5.92 Å². The van der Waals surface area contributed by atoms with Gasteiger partial charge in [0.15, 0.2) is 0 Å². The first-order chi connectivity index (χ1) is 6.75. The van der Waals surface area contributed by atoms with E-state index in [2.05, 4.69) is 49.2 Å². The summed E-state index contributed by atoms with van der Waals surface area (Å²) in [4.78, 5) is 2.48. The molecule has 0 atom stereocenters. The van der Waals surface area contributed by atoms with Crippen LogP contribution in [-0.2, 0) is 6.54 Å². The molecule has 0 bridgehead atoms. The van der Waals surface area contributed by atoms with Crippen molar-refractivity contribution in [2.45, 2.75) is 32.4 Å². The van der Waals surface area contributed by atoms with Crippen molar-refractivity contribution in [2.75, 3.05) is 7.05 Å². The lowest BCUT2D eigenvalue weighted by Gasteiger charge is -2.39. The second-order valence-corrected chi connectivity index (χ2v) is 4.63. The smallest absolute Gasteiger partial charge is 0.0233 e. The van der Waals surface area contributed by atoms with Crippen molar-refractivity contribution in [1.82, 2.24) is 4.90 Å². The van der Waals surface area contributed by atoms with E-state index in [4.69, 9.17) is 0 Å². The number of hydrogen-bond acceptors (Lipinski definition) is 1. The molecule has 0 amide bonds. The summed E-state index contributed by atoms with van der Waals surface area (Å²) in [6.07, 6.45) is 2.76. The molecule has 0 spiro atoms. The quantitative estimate of drug-likeness (QED) is 0.709. The number of benzene rings is 1. The first-order valence-corrected chi connectivity index (χ1v) is 5.50. The topological polar surface area (TPSA) is 3.24 Å². The molecule has 1 saturated carbocycles. The summed E-state index contributed by atoms with van der Waals surface area (Å²) in [5.41, 5.74) is 1.43. The van der Waals surface area contributed by atoms with Crippen LogP contribution in [0.1, 0.15) is 26.8 Å². The van der Waals surface area contributed by atoms with Crippen LogP contribution in [-0.4, -0.2) is 18.0 Å². The Kier molecular flexibility index (Phi) is 2.87. The van der Waals surface area contributed by atoms with Gasteiger partial charge < -0.3 is 0 Å². The maximum atomic E-state index is 2.48. The fraction of sp³-hybridized carbons (Fsp3) is 0.538. The Bertz CT molecular complexity index is 280. The molecule has 0 saturated heterocycles. The van der Waals surface area contributed by atoms with E-state index >= 15 is 0 Å². The maximum Gasteiger partial charge on any atom is 0.0233 e. The summed E-state index contributed by atoms with van der Waals surface area (Å²) in [6, 6.07) is 11.6. The summed E-state index contributed by atoms with van der Waals surface area (Å²) in [7, 11) is 2.24. The Balaban J connectivity index is 0.00000112. The van der Waals surface area contributed by atoms with Gasteiger partial charge in [-0.25, -0.2) is 0 Å². The second-order valence-electron chi connectivity index (χ2n) is 4.63. The fourth-order valence-corrected chi connectivity index (χ4v) is 2.22. The lowest BCUT2D eigenvalue weighted by molar-refractivity contribution is 0.105. The van der Waals surface area contributed by atoms with E-state index in [-0.39, 0.29) is 1.43 Å². The largest absolute Gasteiger partial charge is 0.299 e. The number of rotatable bonds is 3. The lowest BCUT2D eigenvalue weighted by atomic mass is 9.81. The highest BCUT2D eigenvalue weighted by molar-refractivity contribution is 5.14. The Labute approximate surface area is 88.2 Å². The van der Waals surface area contributed by atoms with Crippen LogP contribution in [0.3, 0.4) is 0 Å². The van der Waals surface area contributed by atoms with Crippen molar-refractivity contribution < 1.29 is 1.43 Å². The van der Waals surface area contributed by atoms with Crippen LogP contribution in [0.4, 0.5) is 0 Å². The van der Waals surface area contributed by atoms with Crippen LogP contribution >= 0.6 is 0 Å². The molecule has 0 aromatic heterocycles. The van der Waals surface area contributed by atoms with Crippen LogP contribution in [0.25, 0.3) is 0 Å². The van der Waals surface area contributed by atoms with Crippen molar-refractivity contribution in [3.05, 3.63) is 35.9 Å². The van der Waals surface area contributed by atoms with E-state index in [1.54, 1.807) is 0 Å². The molecule has 1 aliphatic carbocycles. The molecule has 1 fully saturated rings. The third kappa shape index (κ3) is 2.16. The molecule has 0 heterocycles. The Morgan fingerprint density at radius 1 is 1.29 bits per heavy atom. The minimum absolute atomic E-state index is 0. The van der Waals surface area contributed by atoms with Crippen LogP contribution in [0.2, 0.25) is 0 Å². The summed E-state index contributed by atoms with van der Waals surface area (Å²) < 4.78 is 0. The zero-order valence-corrected chi connectivity index (χ0v) is 9.11. The summed E-state index contributed by atoms with van der Waals surface area (Å²) >= 11 is 0. The fourth-order valence-electron chi connectivity index (χ4n) is 2.22. The van der Waals surface area contributed by atoms with Gasteiger partial charge in [0.05, 0.1) is 0 Å². The van der Waals surface area contributed by atoms with Gasteiger partial charge in [-0.15, -0.1) is 0 Å². The zero-order chi connectivity index (χ0) is 9.97. The van der Waals surface area contributed by atoms with Crippen molar-refractivity contribution in [3.63, 3.8) is 0 Å². The normalized spacial score (nSPS) is 26.2. The lowest BCUT2D eigenvalue weighted by Crippen LogP contribution is -2.40. The molecular weight excluding hydrogens is 170 g/mol. The molecule has 14 heavy (non-hydrogen) atoms. The van der Waals surface area contributed by atoms with Gasteiger partial charge in [-0.1, -0.05) is 37.3 Å². The highest BCUT2D eigenvalue weighted by atomic mass is 15.1. The number of hydrogen-bond donors (Lipinski definition) is 0. The van der Waals surface area contributed by atoms with Gasteiger partial charge in [0.25, 0.3) is 0 Å². The van der Waals surface area contributed by atoms with Gasteiger partial charge in [-0.2, -0.15) is 0 Å². The predicted octanol–water partition coefficient (Wildman–Crippen LogP) is 3.16. The molecule has 0 N–H and O–H groups in total. The molecule has 1 nitrogen and oxygen atoms in total. The highest BCUT2D eigenvalue weighted by Crippen LogP contribution is 2.30. The van der Waals surface area contributed by atoms with Crippen LogP contribution in [0.15, 0.2) is 30.3 Å². The molecule has 0 radical (unpaired) electrons. The third-order valence-corrected chi connectivity index (χ3v) is 3.25. The summed E-state index contributed by atoms with van der Waals surface area (Å²) in [6.45, 7) is 3.44. The average Bonchev–Trinajstić information content (AvgIpc) is 2.14.